The number of hydrogen-bond donors (Lipinski definition) is 1. The second-order valence-electron chi connectivity index (χ2n) is 7.05. The number of aliphatic hydroxyl groups excluding tert-OH is 1. The molecule has 0 spiro atoms. The molecule has 1 aliphatic rings. The minimum atomic E-state index is -0.333. The van der Waals surface area contributed by atoms with Crippen molar-refractivity contribution in [2.75, 3.05) is 0 Å². The summed E-state index contributed by atoms with van der Waals surface area (Å²) in [5, 5.41) is 9.86. The van der Waals surface area contributed by atoms with E-state index in [2.05, 4.69) is 11.1 Å². The smallest absolute Gasteiger partial charge is 0.194 e. The number of aliphatic hydroxyl groups is 1. The molecule has 0 bridgehead atoms. The first-order valence-corrected chi connectivity index (χ1v) is 9.55. The van der Waals surface area contributed by atoms with E-state index in [1.165, 1.54) is 19.9 Å². The number of carbonyl (C=O) groups excluding carboxylic acids is 2. The third-order valence-corrected chi connectivity index (χ3v) is 4.76. The van der Waals surface area contributed by atoms with E-state index < -0.39 is 0 Å². The molecule has 0 aliphatic heterocycles. The predicted molar refractivity (Wildman–Crippen MR) is 122 cm³/mol. The predicted octanol–water partition coefficient (Wildman–Crippen LogP) is 5.95. The maximum absolute atomic E-state index is 12.8. The van der Waals surface area contributed by atoms with Crippen LogP contribution < -0.4 is 0 Å². The first-order chi connectivity index (χ1) is 16.6. The third-order valence-electron chi connectivity index (χ3n) is 4.76. The van der Waals surface area contributed by atoms with Crippen LogP contribution in [-0.4, -0.2) is 21.7 Å². The topological polar surface area (TPSA) is 67.3 Å². The molecule has 1 N–H and O–H groups in total. The zero-order valence-electron chi connectivity index (χ0n) is 21.2. The normalized spacial score (nSPS) is 13.4. The number of pyridine rings is 1. The average molecular weight is 603 g/mol. The maximum atomic E-state index is 12.8. The van der Waals surface area contributed by atoms with Crippen LogP contribution in [0.4, 0.5) is 0 Å². The van der Waals surface area contributed by atoms with E-state index in [9.17, 15) is 9.59 Å². The molecule has 1 aromatic heterocycles. The zero-order valence-corrected chi connectivity index (χ0v) is 19.6. The van der Waals surface area contributed by atoms with Crippen LogP contribution in [0.3, 0.4) is 0 Å². The molecular formula is C27H20IrNO3-. The Bertz CT molecular complexity index is 1560. The van der Waals surface area contributed by atoms with Gasteiger partial charge in [-0.05, 0) is 62.4 Å². The Labute approximate surface area is 205 Å². The Kier molecular flexibility index (Phi) is 5.58. The van der Waals surface area contributed by atoms with Crippen molar-refractivity contribution in [3.8, 4) is 22.4 Å². The summed E-state index contributed by atoms with van der Waals surface area (Å²) in [6.45, 7) is 2.85. The molecule has 0 atom stereocenters. The number of ketones is 2. The molecule has 0 unspecified atom stereocenters. The van der Waals surface area contributed by atoms with Crippen LogP contribution in [0.5, 0.6) is 0 Å². The molecule has 0 saturated carbocycles. The average Bonchev–Trinajstić information content (AvgIpc) is 3.09. The Morgan fingerprint density at radius 2 is 1.81 bits per heavy atom. The van der Waals surface area contributed by atoms with Gasteiger partial charge in [0.25, 0.3) is 0 Å². The molecule has 32 heavy (non-hydrogen) atoms. The fourth-order valence-electron chi connectivity index (χ4n) is 3.55. The second kappa shape index (κ2) is 9.82. The van der Waals surface area contributed by atoms with E-state index in [0.29, 0.717) is 22.2 Å². The Morgan fingerprint density at radius 3 is 2.50 bits per heavy atom. The van der Waals surface area contributed by atoms with Crippen LogP contribution in [0.1, 0.15) is 35.3 Å². The van der Waals surface area contributed by atoms with Gasteiger partial charge in [-0.2, -0.15) is 0 Å². The van der Waals surface area contributed by atoms with Crippen LogP contribution >= 0.6 is 0 Å². The molecule has 1 aliphatic carbocycles. The van der Waals surface area contributed by atoms with Crippen LogP contribution in [0, 0.1) is 6.07 Å². The molecule has 4 nitrogen and oxygen atoms in total. The van der Waals surface area contributed by atoms with Gasteiger partial charge in [-0.25, -0.2) is 0 Å². The summed E-state index contributed by atoms with van der Waals surface area (Å²) in [6, 6.07) is 14.6. The van der Waals surface area contributed by atoms with Gasteiger partial charge in [0.1, 0.15) is 0 Å². The number of rotatable bonds is 2. The molecule has 5 rings (SSSR count). The van der Waals surface area contributed by atoms with Crippen LogP contribution in [0.2, 0.25) is 0 Å². The first kappa shape index (κ1) is 18.2. The van der Waals surface area contributed by atoms with Gasteiger partial charge in [0.15, 0.2) is 11.6 Å². The second-order valence-corrected chi connectivity index (χ2v) is 7.05. The van der Waals surface area contributed by atoms with E-state index in [0.717, 1.165) is 16.5 Å². The summed E-state index contributed by atoms with van der Waals surface area (Å²) in [6.07, 6.45) is 2.77. The molecule has 5 heteroatoms. The molecule has 0 fully saturated rings. The van der Waals surface area contributed by atoms with Crippen molar-refractivity contribution in [2.45, 2.75) is 13.8 Å². The Balaban J connectivity index is 0.000000400. The number of hydrogen-bond acceptors (Lipinski definition) is 4. The summed E-state index contributed by atoms with van der Waals surface area (Å²) < 4.78 is 31.7. The van der Waals surface area contributed by atoms with Crippen molar-refractivity contribution in [1.82, 2.24) is 4.98 Å². The fraction of sp³-hybridized carbons (Fsp3) is 0.0741. The van der Waals surface area contributed by atoms with E-state index in [-0.39, 0.29) is 67.2 Å². The summed E-state index contributed by atoms with van der Waals surface area (Å²) >= 11 is 0. The van der Waals surface area contributed by atoms with Crippen molar-refractivity contribution < 1.29 is 40.3 Å². The quantitative estimate of drug-likeness (QED) is 0.154. The van der Waals surface area contributed by atoms with Gasteiger partial charge in [-0.3, -0.25) is 9.59 Å². The van der Waals surface area contributed by atoms with Gasteiger partial charge in [-0.1, -0.05) is 24.3 Å². The zero-order chi connectivity index (χ0) is 25.4. The van der Waals surface area contributed by atoms with Crippen molar-refractivity contribution in [3.63, 3.8) is 0 Å². The summed E-state index contributed by atoms with van der Waals surface area (Å²) in [7, 11) is 0. The van der Waals surface area contributed by atoms with Gasteiger partial charge in [-0.15, -0.1) is 35.8 Å². The molecule has 4 aromatic rings. The van der Waals surface area contributed by atoms with Gasteiger partial charge >= 0.3 is 0 Å². The van der Waals surface area contributed by atoms with E-state index >= 15 is 0 Å². The summed E-state index contributed by atoms with van der Waals surface area (Å²) in [5.74, 6) is -0.117. The van der Waals surface area contributed by atoms with Crippen LogP contribution in [0.15, 0.2) is 84.7 Å². The molecule has 3 aromatic carbocycles. The van der Waals surface area contributed by atoms with E-state index in [1.807, 2.05) is 36.4 Å². The van der Waals surface area contributed by atoms with Crippen molar-refractivity contribution in [1.29, 1.82) is 0 Å². The molecule has 161 valence electrons. The van der Waals surface area contributed by atoms with Gasteiger partial charge in [0, 0.05) is 46.2 Å². The number of allylic oxidation sites excluding steroid dienone is 2. The van der Waals surface area contributed by atoms with E-state index in [4.69, 9.17) is 10.6 Å². The van der Waals surface area contributed by atoms with Crippen molar-refractivity contribution in [2.24, 2.45) is 0 Å². The number of fused-ring (bicyclic) bond motifs is 4. The van der Waals surface area contributed by atoms with Crippen LogP contribution in [-0.2, 0) is 24.9 Å². The number of aromatic nitrogens is 1. The SMILES string of the molecule is CC(=O)/C=C(/C)O.[2H]c1[c-]c(-c2nccc3cc4c(cc23)C(=O)c2ccccc2-4)c([2H])c([2H])c1[2H].[Ir]. The molecular weight excluding hydrogens is 579 g/mol. The summed E-state index contributed by atoms with van der Waals surface area (Å²) in [5.41, 5.74) is 3.58. The van der Waals surface area contributed by atoms with Gasteiger partial charge in [0.2, 0.25) is 0 Å². The first-order valence-electron chi connectivity index (χ1n) is 11.5. The summed E-state index contributed by atoms with van der Waals surface area (Å²) in [4.78, 5) is 27.2. The maximum Gasteiger partial charge on any atom is 0.194 e. The van der Waals surface area contributed by atoms with Crippen LogP contribution in [0.25, 0.3) is 33.2 Å². The Morgan fingerprint density at radius 1 is 1.06 bits per heavy atom. The number of carbonyl (C=O) groups is 2. The molecule has 0 saturated heterocycles. The fourth-order valence-corrected chi connectivity index (χ4v) is 3.55. The monoisotopic (exact) mass is 603 g/mol. The molecule has 0 amide bonds. The Hall–Kier alpha value is -3.40. The molecule has 1 radical (unpaired) electrons. The number of benzene rings is 3. The largest absolute Gasteiger partial charge is 0.512 e. The minimum Gasteiger partial charge on any atom is -0.512 e. The molecule has 1 heterocycles. The van der Waals surface area contributed by atoms with Gasteiger partial charge < -0.3 is 10.1 Å². The number of nitrogens with zero attached hydrogens (tertiary/aromatic N) is 1. The third kappa shape index (κ3) is 4.59. The minimum absolute atomic E-state index is 0. The van der Waals surface area contributed by atoms with Crippen molar-refractivity contribution in [3.05, 3.63) is 102 Å². The van der Waals surface area contributed by atoms with Crippen molar-refractivity contribution >= 4 is 22.3 Å². The standard InChI is InChI=1S/C22H12NO.C5H8O2.Ir/c24-22-17-9-5-4-8-16(17)19-12-15-10-11-23-21(18(15)13-20(19)22)14-6-2-1-3-7-14;1-4(6)3-5(2)7;/h1-6,8-13H;3,6H,1-2H3;/q-1;;/b;4-3-;/i1D,2D,3D,6D;;. The van der Waals surface area contributed by atoms with Gasteiger partial charge in [0.05, 0.1) is 5.76 Å². The van der Waals surface area contributed by atoms with E-state index in [1.54, 1.807) is 12.3 Å².